The molecular formula is C19H22N4O. The van der Waals surface area contributed by atoms with Gasteiger partial charge in [0.25, 0.3) is 0 Å². The quantitative estimate of drug-likeness (QED) is 0.678. The number of rotatable bonds is 6. The molecule has 0 amide bonds. The number of ether oxygens (including phenoxy) is 1. The summed E-state index contributed by atoms with van der Waals surface area (Å²) in [6.45, 7) is 4.83. The number of nitrogens with two attached hydrogens (primary N) is 1. The molecule has 3 rings (SSSR count). The van der Waals surface area contributed by atoms with Crippen LogP contribution in [0.15, 0.2) is 48.8 Å². The highest BCUT2D eigenvalue weighted by molar-refractivity contribution is 5.91. The van der Waals surface area contributed by atoms with Crippen molar-refractivity contribution in [3.8, 4) is 5.75 Å². The highest BCUT2D eigenvalue weighted by atomic mass is 16.5. The number of anilines is 2. The molecule has 0 radical (unpaired) electrons. The third-order valence-electron chi connectivity index (χ3n) is 3.66. The fourth-order valence-electron chi connectivity index (χ4n) is 2.55. The molecule has 24 heavy (non-hydrogen) atoms. The molecule has 2 aromatic carbocycles. The fraction of sp³-hybridized carbons (Fsp3) is 0.263. The summed E-state index contributed by atoms with van der Waals surface area (Å²) >= 11 is 0. The van der Waals surface area contributed by atoms with Crippen molar-refractivity contribution in [2.24, 2.45) is 0 Å². The average molecular weight is 322 g/mol. The van der Waals surface area contributed by atoms with Crippen molar-refractivity contribution < 1.29 is 4.74 Å². The molecule has 3 aromatic rings. The van der Waals surface area contributed by atoms with E-state index in [1.54, 1.807) is 6.33 Å². The molecule has 0 aliphatic carbocycles. The monoisotopic (exact) mass is 322 g/mol. The normalized spacial score (nSPS) is 11.0. The smallest absolute Gasteiger partial charge is 0.137 e. The summed E-state index contributed by atoms with van der Waals surface area (Å²) in [5.74, 6) is 1.71. The van der Waals surface area contributed by atoms with Gasteiger partial charge >= 0.3 is 0 Å². The first-order valence-corrected chi connectivity index (χ1v) is 8.11. The van der Waals surface area contributed by atoms with Gasteiger partial charge in [0, 0.05) is 17.6 Å². The molecule has 0 fully saturated rings. The molecular weight excluding hydrogens is 300 g/mol. The predicted octanol–water partition coefficient (Wildman–Crippen LogP) is 3.65. The van der Waals surface area contributed by atoms with E-state index < -0.39 is 0 Å². The summed E-state index contributed by atoms with van der Waals surface area (Å²) in [4.78, 5) is 8.59. The number of benzene rings is 2. The van der Waals surface area contributed by atoms with Crippen LogP contribution in [0.3, 0.4) is 0 Å². The van der Waals surface area contributed by atoms with E-state index in [9.17, 15) is 0 Å². The van der Waals surface area contributed by atoms with E-state index in [0.717, 1.165) is 35.4 Å². The minimum absolute atomic E-state index is 0.191. The van der Waals surface area contributed by atoms with E-state index in [1.807, 2.05) is 44.2 Å². The van der Waals surface area contributed by atoms with Gasteiger partial charge in [0.2, 0.25) is 0 Å². The van der Waals surface area contributed by atoms with E-state index in [2.05, 4.69) is 27.4 Å². The van der Waals surface area contributed by atoms with Gasteiger partial charge in [-0.3, -0.25) is 0 Å². The summed E-state index contributed by atoms with van der Waals surface area (Å²) in [6.07, 6.45) is 2.66. The summed E-state index contributed by atoms with van der Waals surface area (Å²) < 4.78 is 5.66. The Morgan fingerprint density at radius 3 is 2.62 bits per heavy atom. The van der Waals surface area contributed by atoms with Crippen LogP contribution in [0.4, 0.5) is 11.5 Å². The second-order valence-corrected chi connectivity index (χ2v) is 5.99. The molecule has 0 atom stereocenters. The molecule has 5 heteroatoms. The number of nitrogen functional groups attached to an aromatic ring is 1. The Balaban J connectivity index is 1.63. The lowest BCUT2D eigenvalue weighted by Gasteiger charge is -2.11. The van der Waals surface area contributed by atoms with Crippen LogP contribution in [-0.4, -0.2) is 22.6 Å². The zero-order valence-corrected chi connectivity index (χ0v) is 14.0. The number of fused-ring (bicyclic) bond motifs is 1. The Labute approximate surface area is 141 Å². The molecule has 0 bridgehead atoms. The Bertz CT molecular complexity index is 815. The molecule has 5 nitrogen and oxygen atoms in total. The number of nitrogens with one attached hydrogen (secondary N) is 1. The number of hydrogen-bond donors (Lipinski definition) is 2. The van der Waals surface area contributed by atoms with Crippen molar-refractivity contribution in [2.75, 3.05) is 17.6 Å². The lowest BCUT2D eigenvalue weighted by atomic mass is 10.1. The number of hydrogen-bond acceptors (Lipinski definition) is 5. The second kappa shape index (κ2) is 7.17. The summed E-state index contributed by atoms with van der Waals surface area (Å²) in [5, 5.41) is 4.32. The van der Waals surface area contributed by atoms with Crippen LogP contribution < -0.4 is 15.8 Å². The highest BCUT2D eigenvalue weighted by Crippen LogP contribution is 2.21. The lowest BCUT2D eigenvalue weighted by molar-refractivity contribution is 0.242. The van der Waals surface area contributed by atoms with Crippen molar-refractivity contribution >= 4 is 22.4 Å². The Morgan fingerprint density at radius 2 is 1.88 bits per heavy atom. The molecule has 0 spiro atoms. The predicted molar refractivity (Wildman–Crippen MR) is 98.4 cm³/mol. The molecule has 0 aliphatic heterocycles. The van der Waals surface area contributed by atoms with Gasteiger partial charge < -0.3 is 15.8 Å². The van der Waals surface area contributed by atoms with Gasteiger partial charge in [-0.05, 0) is 56.2 Å². The van der Waals surface area contributed by atoms with Crippen molar-refractivity contribution in [3.05, 3.63) is 54.4 Å². The molecule has 124 valence electrons. The molecule has 0 saturated heterocycles. The largest absolute Gasteiger partial charge is 0.491 e. The standard InChI is InChI=1S/C19H22N4O/c1-13(2)24-16-6-3-14(4-7-16)9-10-21-19-17-11-15(20)5-8-18(17)22-12-23-19/h3-8,11-13H,9-10,20H2,1-2H3,(H,21,22,23). The molecule has 3 N–H and O–H groups in total. The van der Waals surface area contributed by atoms with Crippen LogP contribution >= 0.6 is 0 Å². The van der Waals surface area contributed by atoms with Gasteiger partial charge in [0.15, 0.2) is 0 Å². The second-order valence-electron chi connectivity index (χ2n) is 5.99. The van der Waals surface area contributed by atoms with E-state index in [4.69, 9.17) is 10.5 Å². The van der Waals surface area contributed by atoms with Gasteiger partial charge in [0.1, 0.15) is 17.9 Å². The van der Waals surface area contributed by atoms with Crippen molar-refractivity contribution in [3.63, 3.8) is 0 Å². The first-order valence-electron chi connectivity index (χ1n) is 8.11. The Kier molecular flexibility index (Phi) is 4.79. The maximum Gasteiger partial charge on any atom is 0.137 e. The molecule has 1 heterocycles. The Hall–Kier alpha value is -2.82. The number of nitrogens with zero attached hydrogens (tertiary/aromatic N) is 2. The highest BCUT2D eigenvalue weighted by Gasteiger charge is 2.04. The summed E-state index contributed by atoms with van der Waals surface area (Å²) in [7, 11) is 0. The van der Waals surface area contributed by atoms with Gasteiger partial charge in [-0.15, -0.1) is 0 Å². The van der Waals surface area contributed by atoms with Crippen LogP contribution in [-0.2, 0) is 6.42 Å². The lowest BCUT2D eigenvalue weighted by Crippen LogP contribution is -2.08. The topological polar surface area (TPSA) is 73.1 Å². The van der Waals surface area contributed by atoms with Crippen molar-refractivity contribution in [1.82, 2.24) is 9.97 Å². The zero-order chi connectivity index (χ0) is 16.9. The van der Waals surface area contributed by atoms with E-state index >= 15 is 0 Å². The van der Waals surface area contributed by atoms with Crippen molar-refractivity contribution in [1.29, 1.82) is 0 Å². The summed E-state index contributed by atoms with van der Waals surface area (Å²) in [6, 6.07) is 13.9. The fourth-order valence-corrected chi connectivity index (χ4v) is 2.55. The van der Waals surface area contributed by atoms with Crippen LogP contribution in [0.1, 0.15) is 19.4 Å². The van der Waals surface area contributed by atoms with E-state index in [0.29, 0.717) is 5.69 Å². The maximum atomic E-state index is 5.87. The van der Waals surface area contributed by atoms with E-state index in [-0.39, 0.29) is 6.10 Å². The minimum atomic E-state index is 0.191. The SMILES string of the molecule is CC(C)Oc1ccc(CCNc2ncnc3ccc(N)cc23)cc1. The first kappa shape index (κ1) is 16.1. The van der Waals surface area contributed by atoms with Crippen LogP contribution in [0, 0.1) is 0 Å². The van der Waals surface area contributed by atoms with Crippen LogP contribution in [0.2, 0.25) is 0 Å². The minimum Gasteiger partial charge on any atom is -0.491 e. The van der Waals surface area contributed by atoms with Gasteiger partial charge in [-0.1, -0.05) is 12.1 Å². The van der Waals surface area contributed by atoms with Gasteiger partial charge in [-0.25, -0.2) is 9.97 Å². The summed E-state index contributed by atoms with van der Waals surface area (Å²) in [5.41, 5.74) is 8.71. The van der Waals surface area contributed by atoms with Crippen molar-refractivity contribution in [2.45, 2.75) is 26.4 Å². The van der Waals surface area contributed by atoms with Crippen LogP contribution in [0.5, 0.6) is 5.75 Å². The first-order chi connectivity index (χ1) is 11.6. The third kappa shape index (κ3) is 3.93. The third-order valence-corrected chi connectivity index (χ3v) is 3.66. The molecule has 0 unspecified atom stereocenters. The zero-order valence-electron chi connectivity index (χ0n) is 14.0. The number of aromatic nitrogens is 2. The molecule has 1 aromatic heterocycles. The average Bonchev–Trinajstić information content (AvgIpc) is 2.56. The van der Waals surface area contributed by atoms with Crippen LogP contribution in [0.25, 0.3) is 10.9 Å². The van der Waals surface area contributed by atoms with Gasteiger partial charge in [0.05, 0.1) is 11.6 Å². The maximum absolute atomic E-state index is 5.87. The molecule has 0 aliphatic rings. The van der Waals surface area contributed by atoms with Gasteiger partial charge in [-0.2, -0.15) is 0 Å². The molecule has 0 saturated carbocycles. The Morgan fingerprint density at radius 1 is 1.08 bits per heavy atom. The van der Waals surface area contributed by atoms with E-state index in [1.165, 1.54) is 5.56 Å².